The summed E-state index contributed by atoms with van der Waals surface area (Å²) in [7, 11) is -0.440. The van der Waals surface area contributed by atoms with Crippen LogP contribution in [0.3, 0.4) is 0 Å². The largest absolute Gasteiger partial charge is 0.383 e. The number of methoxy groups -OCH3 is 1. The van der Waals surface area contributed by atoms with E-state index in [2.05, 4.69) is 4.72 Å². The Balaban J connectivity index is 2.70. The molecule has 0 radical (unpaired) electrons. The third-order valence-electron chi connectivity index (χ3n) is 2.73. The molecule has 0 aliphatic carbocycles. The van der Waals surface area contributed by atoms with Gasteiger partial charge < -0.3 is 10.5 Å². The van der Waals surface area contributed by atoms with Crippen LogP contribution in [0.4, 0.5) is 0 Å². The molecule has 0 fully saturated rings. The summed E-state index contributed by atoms with van der Waals surface area (Å²) in [6.07, 6.45) is 0. The Morgan fingerprint density at radius 2 is 1.95 bits per heavy atom. The van der Waals surface area contributed by atoms with E-state index < -0.39 is 10.2 Å². The van der Waals surface area contributed by atoms with E-state index in [1.807, 2.05) is 24.3 Å². The number of hydrogen-bond acceptors (Lipinski definition) is 4. The average molecular weight is 287 g/mol. The summed E-state index contributed by atoms with van der Waals surface area (Å²) in [4.78, 5) is 0. The van der Waals surface area contributed by atoms with Crippen molar-refractivity contribution in [3.63, 3.8) is 0 Å². The van der Waals surface area contributed by atoms with Crippen LogP contribution in [0.2, 0.25) is 0 Å². The fraction of sp³-hybridized carbons (Fsp3) is 0.500. The van der Waals surface area contributed by atoms with Crippen molar-refractivity contribution >= 4 is 10.2 Å². The van der Waals surface area contributed by atoms with Gasteiger partial charge >= 0.3 is 0 Å². The molecular formula is C12H21N3O3S. The molecule has 1 aromatic carbocycles. The van der Waals surface area contributed by atoms with Crippen LogP contribution >= 0.6 is 0 Å². The van der Waals surface area contributed by atoms with Crippen molar-refractivity contribution in [3.8, 4) is 0 Å². The van der Waals surface area contributed by atoms with Crippen LogP contribution in [0.15, 0.2) is 24.3 Å². The second-order valence-corrected chi connectivity index (χ2v) is 5.98. The van der Waals surface area contributed by atoms with Gasteiger partial charge in [-0.05, 0) is 11.1 Å². The van der Waals surface area contributed by atoms with Crippen molar-refractivity contribution in [2.75, 3.05) is 27.3 Å². The van der Waals surface area contributed by atoms with Crippen LogP contribution in [-0.2, 0) is 28.0 Å². The van der Waals surface area contributed by atoms with Crippen molar-refractivity contribution in [2.45, 2.75) is 13.1 Å². The molecule has 6 nitrogen and oxygen atoms in total. The second kappa shape index (κ2) is 7.56. The first kappa shape index (κ1) is 16.1. The molecule has 0 spiro atoms. The molecular weight excluding hydrogens is 266 g/mol. The van der Waals surface area contributed by atoms with Gasteiger partial charge in [-0.2, -0.15) is 17.4 Å². The molecule has 0 aliphatic heterocycles. The van der Waals surface area contributed by atoms with Crippen LogP contribution in [0.1, 0.15) is 11.1 Å². The lowest BCUT2D eigenvalue weighted by Gasteiger charge is -2.19. The van der Waals surface area contributed by atoms with E-state index in [1.54, 1.807) is 0 Å². The molecule has 108 valence electrons. The van der Waals surface area contributed by atoms with E-state index in [9.17, 15) is 8.42 Å². The first-order valence-electron chi connectivity index (χ1n) is 5.98. The molecule has 0 aliphatic rings. The van der Waals surface area contributed by atoms with E-state index >= 15 is 0 Å². The quantitative estimate of drug-likeness (QED) is 0.662. The van der Waals surface area contributed by atoms with Gasteiger partial charge in [-0.15, -0.1) is 0 Å². The summed E-state index contributed by atoms with van der Waals surface area (Å²) in [5.41, 5.74) is 7.49. The molecule has 0 amide bonds. The number of nitrogens with two attached hydrogens (primary N) is 1. The highest BCUT2D eigenvalue weighted by Gasteiger charge is 2.17. The summed E-state index contributed by atoms with van der Waals surface area (Å²) >= 11 is 0. The minimum Gasteiger partial charge on any atom is -0.383 e. The SMILES string of the molecule is COCCNS(=O)(=O)N(C)Cc1ccccc1CN. The Kier molecular flexibility index (Phi) is 6.40. The molecule has 0 bridgehead atoms. The summed E-state index contributed by atoms with van der Waals surface area (Å²) in [6, 6.07) is 7.53. The van der Waals surface area contributed by atoms with E-state index in [0.717, 1.165) is 11.1 Å². The number of hydrogen-bond donors (Lipinski definition) is 2. The van der Waals surface area contributed by atoms with Gasteiger partial charge in [0.1, 0.15) is 0 Å². The van der Waals surface area contributed by atoms with Crippen molar-refractivity contribution < 1.29 is 13.2 Å². The summed E-state index contributed by atoms with van der Waals surface area (Å²) in [5, 5.41) is 0. The average Bonchev–Trinajstić information content (AvgIpc) is 2.39. The van der Waals surface area contributed by atoms with Crippen molar-refractivity contribution in [1.29, 1.82) is 0 Å². The third kappa shape index (κ3) is 4.88. The van der Waals surface area contributed by atoms with Crippen LogP contribution in [0.25, 0.3) is 0 Å². The maximum absolute atomic E-state index is 11.9. The Hall–Kier alpha value is -0.990. The molecule has 0 saturated heterocycles. The maximum Gasteiger partial charge on any atom is 0.279 e. The zero-order valence-corrected chi connectivity index (χ0v) is 12.1. The molecule has 1 rings (SSSR count). The lowest BCUT2D eigenvalue weighted by Crippen LogP contribution is -2.39. The normalized spacial score (nSPS) is 12.0. The minimum absolute atomic E-state index is 0.252. The standard InChI is InChI=1S/C12H21N3O3S/c1-15(19(16,17)14-7-8-18-2)10-12-6-4-3-5-11(12)9-13/h3-6,14H,7-10,13H2,1-2H3. The Morgan fingerprint density at radius 1 is 1.32 bits per heavy atom. The third-order valence-corrected chi connectivity index (χ3v) is 4.25. The van der Waals surface area contributed by atoms with Crippen LogP contribution in [-0.4, -0.2) is 40.0 Å². The lowest BCUT2D eigenvalue weighted by atomic mass is 10.1. The predicted octanol–water partition coefficient (Wildman–Crippen LogP) is 0.0579. The van der Waals surface area contributed by atoms with Crippen molar-refractivity contribution in [3.05, 3.63) is 35.4 Å². The summed E-state index contributed by atoms with van der Waals surface area (Å²) < 4.78 is 32.4. The van der Waals surface area contributed by atoms with Gasteiger partial charge in [0.25, 0.3) is 10.2 Å². The number of rotatable bonds is 8. The highest BCUT2D eigenvalue weighted by Crippen LogP contribution is 2.11. The summed E-state index contributed by atoms with van der Waals surface area (Å²) in [5.74, 6) is 0. The number of nitrogens with one attached hydrogen (secondary N) is 1. The minimum atomic E-state index is -3.49. The smallest absolute Gasteiger partial charge is 0.279 e. The Bertz CT molecular complexity index is 491. The van der Waals surface area contributed by atoms with Crippen LogP contribution < -0.4 is 10.5 Å². The van der Waals surface area contributed by atoms with Crippen molar-refractivity contribution in [2.24, 2.45) is 5.73 Å². The van der Waals surface area contributed by atoms with Gasteiger partial charge in [-0.1, -0.05) is 24.3 Å². The second-order valence-electron chi connectivity index (χ2n) is 4.12. The van der Waals surface area contributed by atoms with Gasteiger partial charge in [0.05, 0.1) is 6.61 Å². The van der Waals surface area contributed by atoms with Gasteiger partial charge in [0.2, 0.25) is 0 Å². The van der Waals surface area contributed by atoms with E-state index in [1.165, 1.54) is 18.5 Å². The highest BCUT2D eigenvalue weighted by molar-refractivity contribution is 7.87. The molecule has 0 atom stereocenters. The van der Waals surface area contributed by atoms with E-state index in [4.69, 9.17) is 10.5 Å². The number of benzene rings is 1. The molecule has 1 aromatic rings. The van der Waals surface area contributed by atoms with Crippen LogP contribution in [0.5, 0.6) is 0 Å². The molecule has 0 heterocycles. The fourth-order valence-electron chi connectivity index (χ4n) is 1.62. The topological polar surface area (TPSA) is 84.7 Å². The predicted molar refractivity (Wildman–Crippen MR) is 74.6 cm³/mol. The Morgan fingerprint density at radius 3 is 2.53 bits per heavy atom. The van der Waals surface area contributed by atoms with Gasteiger partial charge in [0, 0.05) is 33.8 Å². The van der Waals surface area contributed by atoms with E-state index in [-0.39, 0.29) is 13.1 Å². The highest BCUT2D eigenvalue weighted by atomic mass is 32.2. The zero-order chi connectivity index (χ0) is 14.3. The van der Waals surface area contributed by atoms with Gasteiger partial charge in [-0.3, -0.25) is 0 Å². The molecule has 0 unspecified atom stereocenters. The maximum atomic E-state index is 11.9. The molecule has 0 saturated carbocycles. The van der Waals surface area contributed by atoms with Gasteiger partial charge in [-0.25, -0.2) is 0 Å². The first-order valence-corrected chi connectivity index (χ1v) is 7.42. The lowest BCUT2D eigenvalue weighted by molar-refractivity contribution is 0.204. The zero-order valence-electron chi connectivity index (χ0n) is 11.3. The number of ether oxygens (including phenoxy) is 1. The fourth-order valence-corrected chi connectivity index (χ4v) is 2.49. The monoisotopic (exact) mass is 287 g/mol. The molecule has 0 aromatic heterocycles. The first-order chi connectivity index (χ1) is 9.01. The number of nitrogens with zero attached hydrogens (tertiary/aromatic N) is 1. The summed E-state index contributed by atoms with van der Waals surface area (Å²) in [6.45, 7) is 1.27. The van der Waals surface area contributed by atoms with Gasteiger partial charge in [0.15, 0.2) is 0 Å². The van der Waals surface area contributed by atoms with Crippen LogP contribution in [0, 0.1) is 0 Å². The molecule has 19 heavy (non-hydrogen) atoms. The van der Waals surface area contributed by atoms with Crippen molar-refractivity contribution in [1.82, 2.24) is 9.03 Å². The Labute approximate surface area is 114 Å². The molecule has 3 N–H and O–H groups in total. The molecule has 7 heteroatoms. The van der Waals surface area contributed by atoms with E-state index in [0.29, 0.717) is 13.2 Å².